The zero-order chi connectivity index (χ0) is 12.5. The van der Waals surface area contributed by atoms with Gasteiger partial charge >= 0.3 is 0 Å². The summed E-state index contributed by atoms with van der Waals surface area (Å²) in [6.45, 7) is 5.57. The van der Waals surface area contributed by atoms with Crippen molar-refractivity contribution in [3.63, 3.8) is 0 Å². The molecule has 2 rings (SSSR count). The molecule has 1 aromatic rings. The Balaban J connectivity index is 2.41. The molecular formula is C14H20BrNO. The first-order valence-electron chi connectivity index (χ1n) is 6.10. The lowest BCUT2D eigenvalue weighted by atomic mass is 9.68. The predicted octanol–water partition coefficient (Wildman–Crippen LogP) is 2.84. The number of aliphatic hydroxyl groups excluding tert-OH is 1. The first-order chi connectivity index (χ1) is 7.99. The lowest BCUT2D eigenvalue weighted by molar-refractivity contribution is 0.111. The van der Waals surface area contributed by atoms with Gasteiger partial charge in [-0.1, -0.05) is 34.1 Å². The number of halogens is 1. The molecule has 0 aliphatic carbocycles. The van der Waals surface area contributed by atoms with E-state index in [9.17, 15) is 5.11 Å². The van der Waals surface area contributed by atoms with Crippen molar-refractivity contribution in [3.8, 4) is 0 Å². The van der Waals surface area contributed by atoms with Gasteiger partial charge in [-0.05, 0) is 44.9 Å². The van der Waals surface area contributed by atoms with E-state index in [-0.39, 0.29) is 17.6 Å². The minimum absolute atomic E-state index is 0.0796. The van der Waals surface area contributed by atoms with Gasteiger partial charge in [0.05, 0.1) is 6.61 Å². The number of benzene rings is 1. The minimum Gasteiger partial charge on any atom is -0.395 e. The maximum absolute atomic E-state index is 9.90. The Morgan fingerprint density at radius 2 is 2.06 bits per heavy atom. The van der Waals surface area contributed by atoms with Crippen LogP contribution < -0.4 is 5.32 Å². The van der Waals surface area contributed by atoms with Gasteiger partial charge in [-0.25, -0.2) is 0 Å². The van der Waals surface area contributed by atoms with Crippen LogP contribution >= 0.6 is 15.9 Å². The largest absolute Gasteiger partial charge is 0.395 e. The Labute approximate surface area is 112 Å². The number of nitrogens with one attached hydrogen (secondary N) is 1. The Morgan fingerprint density at radius 3 is 2.65 bits per heavy atom. The lowest BCUT2D eigenvalue weighted by Crippen LogP contribution is -2.54. The minimum atomic E-state index is -0.116. The summed E-state index contributed by atoms with van der Waals surface area (Å²) in [5.41, 5.74) is 1.20. The van der Waals surface area contributed by atoms with Crippen LogP contribution in [0.3, 0.4) is 0 Å². The second-order valence-electron chi connectivity index (χ2n) is 5.66. The summed E-state index contributed by atoms with van der Waals surface area (Å²) in [6.07, 6.45) is 1.94. The maximum Gasteiger partial charge on any atom is 0.0529 e. The average molecular weight is 298 g/mol. The molecule has 1 aromatic carbocycles. The van der Waals surface area contributed by atoms with Crippen molar-refractivity contribution in [1.29, 1.82) is 0 Å². The van der Waals surface area contributed by atoms with Gasteiger partial charge in [0.2, 0.25) is 0 Å². The van der Waals surface area contributed by atoms with Crippen molar-refractivity contribution in [2.24, 2.45) is 0 Å². The van der Waals surface area contributed by atoms with Gasteiger partial charge in [0.1, 0.15) is 0 Å². The molecule has 0 bridgehead atoms. The van der Waals surface area contributed by atoms with Gasteiger partial charge < -0.3 is 10.4 Å². The molecular weight excluding hydrogens is 278 g/mol. The number of hydrogen-bond acceptors (Lipinski definition) is 2. The summed E-state index contributed by atoms with van der Waals surface area (Å²) >= 11 is 3.61. The Hall–Kier alpha value is -0.380. The summed E-state index contributed by atoms with van der Waals surface area (Å²) in [7, 11) is 0. The standard InChI is InChI=1S/C14H20BrNO/c1-13(2)9-14(10-17,7-8-16-13)11-5-3-4-6-12(11)15/h3-6,16-17H,7-10H2,1-2H3. The van der Waals surface area contributed by atoms with Crippen LogP contribution in [0.4, 0.5) is 0 Å². The number of piperidine rings is 1. The highest BCUT2D eigenvalue weighted by Crippen LogP contribution is 2.41. The van der Waals surface area contributed by atoms with Gasteiger partial charge in [-0.15, -0.1) is 0 Å². The molecule has 2 N–H and O–H groups in total. The SMILES string of the molecule is CC1(C)CC(CO)(c2ccccc2Br)CCN1. The number of aliphatic hydroxyl groups is 1. The Morgan fingerprint density at radius 1 is 1.35 bits per heavy atom. The molecule has 1 unspecified atom stereocenters. The molecule has 17 heavy (non-hydrogen) atoms. The molecule has 3 heteroatoms. The van der Waals surface area contributed by atoms with Crippen molar-refractivity contribution < 1.29 is 5.11 Å². The van der Waals surface area contributed by atoms with Crippen molar-refractivity contribution in [2.75, 3.05) is 13.2 Å². The fourth-order valence-corrected chi connectivity index (χ4v) is 3.68. The summed E-state index contributed by atoms with van der Waals surface area (Å²) < 4.78 is 1.10. The topological polar surface area (TPSA) is 32.3 Å². The monoisotopic (exact) mass is 297 g/mol. The summed E-state index contributed by atoms with van der Waals surface area (Å²) in [6, 6.07) is 8.25. The van der Waals surface area contributed by atoms with E-state index >= 15 is 0 Å². The van der Waals surface area contributed by atoms with Crippen LogP contribution in [-0.4, -0.2) is 23.8 Å². The van der Waals surface area contributed by atoms with Gasteiger partial charge in [0.15, 0.2) is 0 Å². The summed E-state index contributed by atoms with van der Waals surface area (Å²) in [5, 5.41) is 13.4. The molecule has 0 aromatic heterocycles. The highest BCUT2D eigenvalue weighted by Gasteiger charge is 2.41. The van der Waals surface area contributed by atoms with Gasteiger partial charge in [-0.3, -0.25) is 0 Å². The van der Waals surface area contributed by atoms with E-state index in [2.05, 4.69) is 47.2 Å². The third-order valence-corrected chi connectivity index (χ3v) is 4.43. The smallest absolute Gasteiger partial charge is 0.0529 e. The lowest BCUT2D eigenvalue weighted by Gasteiger charge is -2.45. The molecule has 0 amide bonds. The first kappa shape index (κ1) is 13.1. The number of rotatable bonds is 2. The molecule has 1 aliphatic heterocycles. The van der Waals surface area contributed by atoms with Gasteiger partial charge in [0, 0.05) is 15.4 Å². The molecule has 94 valence electrons. The summed E-state index contributed by atoms with van der Waals surface area (Å²) in [5.74, 6) is 0. The zero-order valence-electron chi connectivity index (χ0n) is 10.5. The van der Waals surface area contributed by atoms with Gasteiger partial charge in [-0.2, -0.15) is 0 Å². The fourth-order valence-electron chi connectivity index (χ4n) is 2.98. The van der Waals surface area contributed by atoms with Crippen molar-refractivity contribution >= 4 is 15.9 Å². The molecule has 1 aliphatic rings. The summed E-state index contributed by atoms with van der Waals surface area (Å²) in [4.78, 5) is 0. The first-order valence-corrected chi connectivity index (χ1v) is 6.89. The van der Waals surface area contributed by atoms with Crippen LogP contribution in [0.25, 0.3) is 0 Å². The molecule has 0 saturated carbocycles. The zero-order valence-corrected chi connectivity index (χ0v) is 12.0. The molecule has 1 heterocycles. The van der Waals surface area contributed by atoms with E-state index in [1.165, 1.54) is 5.56 Å². The predicted molar refractivity (Wildman–Crippen MR) is 74.2 cm³/mol. The second kappa shape index (κ2) is 4.71. The highest BCUT2D eigenvalue weighted by atomic mass is 79.9. The van der Waals surface area contributed by atoms with Crippen molar-refractivity contribution in [3.05, 3.63) is 34.3 Å². The Bertz CT molecular complexity index is 405. The maximum atomic E-state index is 9.90. The van der Waals surface area contributed by atoms with E-state index < -0.39 is 0 Å². The van der Waals surface area contributed by atoms with E-state index in [4.69, 9.17) is 0 Å². The van der Waals surface area contributed by atoms with E-state index in [0.717, 1.165) is 23.9 Å². The van der Waals surface area contributed by atoms with Crippen LogP contribution in [0.2, 0.25) is 0 Å². The van der Waals surface area contributed by atoms with E-state index in [1.54, 1.807) is 0 Å². The van der Waals surface area contributed by atoms with Crippen LogP contribution in [0.1, 0.15) is 32.3 Å². The fraction of sp³-hybridized carbons (Fsp3) is 0.571. The molecule has 1 fully saturated rings. The molecule has 2 nitrogen and oxygen atoms in total. The quantitative estimate of drug-likeness (QED) is 0.880. The molecule has 1 atom stereocenters. The molecule has 0 radical (unpaired) electrons. The third kappa shape index (κ3) is 2.56. The molecule has 0 spiro atoms. The Kier molecular flexibility index (Phi) is 3.62. The highest BCUT2D eigenvalue weighted by molar-refractivity contribution is 9.10. The van der Waals surface area contributed by atoms with Crippen LogP contribution in [0.15, 0.2) is 28.7 Å². The van der Waals surface area contributed by atoms with E-state index in [0.29, 0.717) is 0 Å². The van der Waals surface area contributed by atoms with Crippen LogP contribution in [-0.2, 0) is 5.41 Å². The third-order valence-electron chi connectivity index (χ3n) is 3.74. The normalized spacial score (nSPS) is 28.0. The van der Waals surface area contributed by atoms with Crippen LogP contribution in [0.5, 0.6) is 0 Å². The average Bonchev–Trinajstić information content (AvgIpc) is 2.28. The second-order valence-corrected chi connectivity index (χ2v) is 6.51. The van der Waals surface area contributed by atoms with Crippen molar-refractivity contribution in [1.82, 2.24) is 5.32 Å². The van der Waals surface area contributed by atoms with Gasteiger partial charge in [0.25, 0.3) is 0 Å². The van der Waals surface area contributed by atoms with Crippen molar-refractivity contribution in [2.45, 2.75) is 37.6 Å². The number of hydrogen-bond donors (Lipinski definition) is 2. The van der Waals surface area contributed by atoms with E-state index in [1.807, 2.05) is 12.1 Å². The molecule has 1 saturated heterocycles. The van der Waals surface area contributed by atoms with Crippen LogP contribution in [0, 0.1) is 0 Å².